The monoisotopic (exact) mass is 279 g/mol. The first-order valence-corrected chi connectivity index (χ1v) is 6.52. The van der Waals surface area contributed by atoms with E-state index < -0.39 is 10.2 Å². The van der Waals surface area contributed by atoms with Crippen molar-refractivity contribution in [3.63, 3.8) is 0 Å². The quantitative estimate of drug-likeness (QED) is 0.362. The van der Waals surface area contributed by atoms with Crippen molar-refractivity contribution >= 4 is 22.5 Å². The standard InChI is InChI=1S/C14H14ClNO3/c1-9-7-12(10-5-3-2-4-6-10)13(16(18)19)8-11(9)14(15)17/h2-3,7-8,10H,4-6H2,1H3. The van der Waals surface area contributed by atoms with E-state index in [1.165, 1.54) is 6.07 Å². The fraction of sp³-hybridized carbons (Fsp3) is 0.357. The molecule has 1 aliphatic rings. The summed E-state index contributed by atoms with van der Waals surface area (Å²) in [5.74, 6) is 0.142. The van der Waals surface area contributed by atoms with Crippen LogP contribution in [0.2, 0.25) is 0 Å². The molecule has 0 spiro atoms. The molecule has 0 saturated carbocycles. The molecule has 0 aromatic heterocycles. The summed E-state index contributed by atoms with van der Waals surface area (Å²) in [7, 11) is 0. The van der Waals surface area contributed by atoms with Crippen LogP contribution in [0.15, 0.2) is 24.3 Å². The largest absolute Gasteiger partial charge is 0.276 e. The summed E-state index contributed by atoms with van der Waals surface area (Å²) < 4.78 is 0. The van der Waals surface area contributed by atoms with Gasteiger partial charge in [-0.2, -0.15) is 0 Å². The third kappa shape index (κ3) is 2.84. The molecule has 100 valence electrons. The SMILES string of the molecule is Cc1cc(C2CC=CCC2)c([N+](=O)[O-])cc1C(=O)Cl. The minimum Gasteiger partial charge on any atom is -0.276 e. The van der Waals surface area contributed by atoms with Crippen LogP contribution in [0.25, 0.3) is 0 Å². The zero-order valence-electron chi connectivity index (χ0n) is 10.6. The van der Waals surface area contributed by atoms with E-state index in [1.807, 2.05) is 6.08 Å². The van der Waals surface area contributed by atoms with Crippen LogP contribution in [-0.4, -0.2) is 10.2 Å². The summed E-state index contributed by atoms with van der Waals surface area (Å²) in [6.07, 6.45) is 6.76. The van der Waals surface area contributed by atoms with E-state index in [9.17, 15) is 14.9 Å². The number of hydrogen-bond acceptors (Lipinski definition) is 3. The first-order chi connectivity index (χ1) is 9.00. The van der Waals surface area contributed by atoms with Gasteiger partial charge < -0.3 is 0 Å². The lowest BCUT2D eigenvalue weighted by molar-refractivity contribution is -0.385. The third-order valence-corrected chi connectivity index (χ3v) is 3.69. The van der Waals surface area contributed by atoms with E-state index in [0.29, 0.717) is 11.1 Å². The highest BCUT2D eigenvalue weighted by Gasteiger charge is 2.25. The van der Waals surface area contributed by atoms with E-state index >= 15 is 0 Å². The van der Waals surface area contributed by atoms with Gasteiger partial charge in [-0.05, 0) is 55.3 Å². The molecule has 0 radical (unpaired) electrons. The van der Waals surface area contributed by atoms with Gasteiger partial charge >= 0.3 is 0 Å². The Kier molecular flexibility index (Phi) is 4.00. The van der Waals surface area contributed by atoms with Gasteiger partial charge in [0.25, 0.3) is 10.9 Å². The average molecular weight is 280 g/mol. The van der Waals surface area contributed by atoms with Gasteiger partial charge in [0, 0.05) is 17.2 Å². The van der Waals surface area contributed by atoms with Gasteiger partial charge in [0.05, 0.1) is 4.92 Å². The van der Waals surface area contributed by atoms with Crippen LogP contribution in [0, 0.1) is 17.0 Å². The highest BCUT2D eigenvalue weighted by atomic mass is 35.5. The second kappa shape index (κ2) is 5.53. The highest BCUT2D eigenvalue weighted by Crippen LogP contribution is 2.36. The fourth-order valence-electron chi connectivity index (χ4n) is 2.49. The van der Waals surface area contributed by atoms with Gasteiger partial charge in [0.1, 0.15) is 0 Å². The second-order valence-electron chi connectivity index (χ2n) is 4.74. The Morgan fingerprint density at radius 3 is 2.68 bits per heavy atom. The van der Waals surface area contributed by atoms with E-state index in [4.69, 9.17) is 11.6 Å². The maximum atomic E-state index is 11.3. The molecule has 0 bridgehead atoms. The number of nitro benzene ring substituents is 1. The fourth-order valence-corrected chi connectivity index (χ4v) is 2.70. The molecular weight excluding hydrogens is 266 g/mol. The van der Waals surface area contributed by atoms with E-state index in [-0.39, 0.29) is 17.2 Å². The van der Waals surface area contributed by atoms with Gasteiger partial charge in [0.2, 0.25) is 0 Å². The van der Waals surface area contributed by atoms with Gasteiger partial charge in [0.15, 0.2) is 0 Å². The molecular formula is C14H14ClNO3. The zero-order chi connectivity index (χ0) is 14.0. The van der Waals surface area contributed by atoms with Gasteiger partial charge in [-0.15, -0.1) is 0 Å². The lowest BCUT2D eigenvalue weighted by Crippen LogP contribution is -2.07. The topological polar surface area (TPSA) is 60.2 Å². The van der Waals surface area contributed by atoms with Crippen molar-refractivity contribution in [1.82, 2.24) is 0 Å². The zero-order valence-corrected chi connectivity index (χ0v) is 11.3. The third-order valence-electron chi connectivity index (χ3n) is 3.49. The van der Waals surface area contributed by atoms with Crippen LogP contribution in [0.1, 0.15) is 46.7 Å². The van der Waals surface area contributed by atoms with Crippen molar-refractivity contribution in [1.29, 1.82) is 0 Å². The maximum absolute atomic E-state index is 11.3. The number of aryl methyl sites for hydroxylation is 1. The van der Waals surface area contributed by atoms with E-state index in [0.717, 1.165) is 19.3 Å². The lowest BCUT2D eigenvalue weighted by Gasteiger charge is -2.19. The molecule has 0 aliphatic heterocycles. The van der Waals surface area contributed by atoms with Crippen LogP contribution in [-0.2, 0) is 0 Å². The molecule has 1 atom stereocenters. The number of nitro groups is 1. The van der Waals surface area contributed by atoms with E-state index in [1.54, 1.807) is 13.0 Å². The van der Waals surface area contributed by atoms with Crippen LogP contribution in [0.5, 0.6) is 0 Å². The van der Waals surface area contributed by atoms with Crippen molar-refractivity contribution in [2.75, 3.05) is 0 Å². The van der Waals surface area contributed by atoms with Crippen LogP contribution >= 0.6 is 11.6 Å². The Bertz CT molecular complexity index is 566. The predicted molar refractivity (Wildman–Crippen MR) is 73.7 cm³/mol. The van der Waals surface area contributed by atoms with Crippen molar-refractivity contribution < 1.29 is 9.72 Å². The molecule has 19 heavy (non-hydrogen) atoms. The Morgan fingerprint density at radius 1 is 1.42 bits per heavy atom. The Labute approximate surface area is 116 Å². The first-order valence-electron chi connectivity index (χ1n) is 6.14. The van der Waals surface area contributed by atoms with Crippen LogP contribution < -0.4 is 0 Å². The second-order valence-corrected chi connectivity index (χ2v) is 5.08. The number of rotatable bonds is 3. The Balaban J connectivity index is 2.53. The van der Waals surface area contributed by atoms with Gasteiger partial charge in [-0.3, -0.25) is 14.9 Å². The first kappa shape index (κ1) is 13.7. The number of allylic oxidation sites excluding steroid dienone is 2. The maximum Gasteiger partial charge on any atom is 0.273 e. The van der Waals surface area contributed by atoms with Crippen molar-refractivity contribution in [3.05, 3.63) is 51.1 Å². The van der Waals surface area contributed by atoms with Crippen molar-refractivity contribution in [2.45, 2.75) is 32.1 Å². The van der Waals surface area contributed by atoms with E-state index in [2.05, 4.69) is 6.08 Å². The van der Waals surface area contributed by atoms with Gasteiger partial charge in [-0.1, -0.05) is 12.2 Å². The molecule has 0 N–H and O–H groups in total. The lowest BCUT2D eigenvalue weighted by atomic mass is 9.85. The molecule has 1 unspecified atom stereocenters. The number of carbonyl (C=O) groups is 1. The van der Waals surface area contributed by atoms with Crippen LogP contribution in [0.4, 0.5) is 5.69 Å². The number of nitrogens with zero attached hydrogens (tertiary/aromatic N) is 1. The molecule has 4 nitrogen and oxygen atoms in total. The molecule has 0 amide bonds. The molecule has 1 aromatic rings. The average Bonchev–Trinajstić information content (AvgIpc) is 2.38. The summed E-state index contributed by atoms with van der Waals surface area (Å²) in [5.41, 5.74) is 1.60. The number of hydrogen-bond donors (Lipinski definition) is 0. The number of halogens is 1. The van der Waals surface area contributed by atoms with Crippen molar-refractivity contribution in [2.24, 2.45) is 0 Å². The highest BCUT2D eigenvalue weighted by molar-refractivity contribution is 6.68. The van der Waals surface area contributed by atoms with Crippen molar-refractivity contribution in [3.8, 4) is 0 Å². The summed E-state index contributed by atoms with van der Waals surface area (Å²) in [4.78, 5) is 22.0. The summed E-state index contributed by atoms with van der Waals surface area (Å²) >= 11 is 5.45. The normalized spacial score (nSPS) is 18.3. The molecule has 0 saturated heterocycles. The summed E-state index contributed by atoms with van der Waals surface area (Å²) in [6, 6.07) is 3.04. The minimum atomic E-state index is -0.657. The summed E-state index contributed by atoms with van der Waals surface area (Å²) in [5, 5.41) is 10.5. The smallest absolute Gasteiger partial charge is 0.273 e. The van der Waals surface area contributed by atoms with Crippen LogP contribution in [0.3, 0.4) is 0 Å². The summed E-state index contributed by atoms with van der Waals surface area (Å²) in [6.45, 7) is 1.75. The molecule has 1 aliphatic carbocycles. The molecule has 1 aromatic carbocycles. The molecule has 0 fully saturated rings. The number of carbonyl (C=O) groups excluding carboxylic acids is 1. The molecule has 2 rings (SSSR count). The Hall–Kier alpha value is -1.68. The Morgan fingerprint density at radius 2 is 2.16 bits per heavy atom. The number of benzene rings is 1. The predicted octanol–water partition coefficient (Wildman–Crippen LogP) is 4.11. The molecule has 0 heterocycles. The minimum absolute atomic E-state index is 0.00472. The van der Waals surface area contributed by atoms with Gasteiger partial charge in [-0.25, -0.2) is 0 Å². The molecule has 5 heteroatoms.